The summed E-state index contributed by atoms with van der Waals surface area (Å²) >= 11 is 5.87. The molecule has 0 aliphatic heterocycles. The molecule has 21 heavy (non-hydrogen) atoms. The van der Waals surface area contributed by atoms with E-state index in [9.17, 15) is 16.8 Å². The molecule has 0 atom stereocenters. The molecule has 0 fully saturated rings. The molecule has 1 aromatic carbocycles. The fourth-order valence-corrected chi connectivity index (χ4v) is 3.60. The van der Waals surface area contributed by atoms with Gasteiger partial charge in [-0.25, -0.2) is 25.9 Å². The zero-order chi connectivity index (χ0) is 16.4. The number of nitrogens with zero attached hydrogens (tertiary/aromatic N) is 1. The number of hydrogen-bond acceptors (Lipinski definition) is 5. The second kappa shape index (κ2) is 6.49. The SMILES string of the molecule is Cc1cc(S(=O)(=O)NCCS(=O)(=O)N(C)C)cc(N)c1Cl. The Morgan fingerprint density at radius 1 is 1.24 bits per heavy atom. The van der Waals surface area contributed by atoms with E-state index in [0.29, 0.717) is 10.6 Å². The number of hydrogen-bond donors (Lipinski definition) is 2. The lowest BCUT2D eigenvalue weighted by Gasteiger charge is -2.12. The first kappa shape index (κ1) is 18.2. The number of benzene rings is 1. The van der Waals surface area contributed by atoms with Gasteiger partial charge in [0, 0.05) is 20.6 Å². The second-order valence-corrected chi connectivity index (χ2v) is 9.09. The van der Waals surface area contributed by atoms with Crippen molar-refractivity contribution >= 4 is 37.3 Å². The largest absolute Gasteiger partial charge is 0.397 e. The fourth-order valence-electron chi connectivity index (χ4n) is 1.49. The zero-order valence-corrected chi connectivity index (χ0v) is 14.3. The number of nitrogens with one attached hydrogen (secondary N) is 1. The summed E-state index contributed by atoms with van der Waals surface area (Å²) in [6.07, 6.45) is 0. The number of halogens is 1. The smallest absolute Gasteiger partial charge is 0.240 e. The molecule has 0 saturated heterocycles. The summed E-state index contributed by atoms with van der Waals surface area (Å²) in [4.78, 5) is -0.0517. The topological polar surface area (TPSA) is 110 Å². The normalized spacial score (nSPS) is 12.8. The van der Waals surface area contributed by atoms with Crippen LogP contribution in [-0.4, -0.2) is 47.5 Å². The summed E-state index contributed by atoms with van der Waals surface area (Å²) in [6, 6.07) is 2.61. The highest BCUT2D eigenvalue weighted by Gasteiger charge is 2.19. The van der Waals surface area contributed by atoms with E-state index < -0.39 is 20.0 Å². The Hall–Kier alpha value is -0.870. The Kier molecular flexibility index (Phi) is 5.62. The summed E-state index contributed by atoms with van der Waals surface area (Å²) in [5.74, 6) is -0.332. The summed E-state index contributed by atoms with van der Waals surface area (Å²) in [7, 11) is -4.54. The van der Waals surface area contributed by atoms with Crippen LogP contribution < -0.4 is 10.5 Å². The van der Waals surface area contributed by atoms with E-state index in [-0.39, 0.29) is 22.9 Å². The molecule has 1 aromatic rings. The first-order valence-electron chi connectivity index (χ1n) is 5.93. The molecule has 0 amide bonds. The Morgan fingerprint density at radius 3 is 2.29 bits per heavy atom. The lowest BCUT2D eigenvalue weighted by Crippen LogP contribution is -2.34. The van der Waals surface area contributed by atoms with Crippen molar-refractivity contribution in [2.45, 2.75) is 11.8 Å². The van der Waals surface area contributed by atoms with E-state index in [1.54, 1.807) is 6.92 Å². The standard InChI is InChI=1S/C11H18ClN3O4S2/c1-8-6-9(7-10(13)11(8)12)21(18,19)14-4-5-20(16,17)15(2)3/h6-7,14H,4-5,13H2,1-3H3. The molecule has 0 radical (unpaired) electrons. The van der Waals surface area contributed by atoms with E-state index in [1.807, 2.05) is 0 Å². The van der Waals surface area contributed by atoms with Crippen LogP contribution in [0.5, 0.6) is 0 Å². The van der Waals surface area contributed by atoms with E-state index in [4.69, 9.17) is 17.3 Å². The Morgan fingerprint density at radius 2 is 1.81 bits per heavy atom. The van der Waals surface area contributed by atoms with E-state index in [2.05, 4.69) is 4.72 Å². The fraction of sp³-hybridized carbons (Fsp3) is 0.455. The molecular formula is C11H18ClN3O4S2. The Labute approximate surface area is 130 Å². The maximum absolute atomic E-state index is 12.1. The molecule has 0 saturated carbocycles. The summed E-state index contributed by atoms with van der Waals surface area (Å²) in [5, 5.41) is 0.295. The van der Waals surface area contributed by atoms with Crippen molar-refractivity contribution in [3.8, 4) is 0 Å². The van der Waals surface area contributed by atoms with Gasteiger partial charge in [-0.05, 0) is 24.6 Å². The number of aryl methyl sites for hydroxylation is 1. The van der Waals surface area contributed by atoms with Crippen LogP contribution in [0.4, 0.5) is 5.69 Å². The molecule has 0 aliphatic rings. The van der Waals surface area contributed by atoms with E-state index >= 15 is 0 Å². The van der Waals surface area contributed by atoms with Gasteiger partial charge in [0.05, 0.1) is 21.4 Å². The summed E-state index contributed by atoms with van der Waals surface area (Å²) in [5.41, 5.74) is 6.31. The minimum Gasteiger partial charge on any atom is -0.397 e. The van der Waals surface area contributed by atoms with Gasteiger partial charge in [0.1, 0.15) is 0 Å². The molecular weight excluding hydrogens is 338 g/mol. The number of nitrogen functional groups attached to an aromatic ring is 1. The molecule has 120 valence electrons. The highest BCUT2D eigenvalue weighted by molar-refractivity contribution is 7.90. The maximum Gasteiger partial charge on any atom is 0.240 e. The quantitative estimate of drug-likeness (QED) is 0.718. The van der Waals surface area contributed by atoms with Gasteiger partial charge in [0.25, 0.3) is 0 Å². The molecule has 0 spiro atoms. The molecule has 10 heteroatoms. The second-order valence-electron chi connectivity index (χ2n) is 4.64. The van der Waals surface area contributed by atoms with Gasteiger partial charge in [-0.2, -0.15) is 0 Å². The van der Waals surface area contributed by atoms with Crippen LogP contribution in [0.15, 0.2) is 17.0 Å². The lowest BCUT2D eigenvalue weighted by atomic mass is 10.2. The lowest BCUT2D eigenvalue weighted by molar-refractivity contribution is 0.519. The van der Waals surface area contributed by atoms with Crippen molar-refractivity contribution in [3.05, 3.63) is 22.7 Å². The van der Waals surface area contributed by atoms with E-state index in [1.165, 1.54) is 26.2 Å². The zero-order valence-electron chi connectivity index (χ0n) is 11.9. The van der Waals surface area contributed by atoms with Gasteiger partial charge < -0.3 is 5.73 Å². The van der Waals surface area contributed by atoms with Crippen LogP contribution in [0.1, 0.15) is 5.56 Å². The number of nitrogens with two attached hydrogens (primary N) is 1. The van der Waals surface area contributed by atoms with Crippen molar-refractivity contribution in [1.29, 1.82) is 0 Å². The monoisotopic (exact) mass is 355 g/mol. The molecule has 0 aliphatic carbocycles. The van der Waals surface area contributed by atoms with E-state index in [0.717, 1.165) is 4.31 Å². The van der Waals surface area contributed by atoms with Crippen LogP contribution >= 0.6 is 11.6 Å². The Balaban J connectivity index is 2.89. The average molecular weight is 356 g/mol. The van der Waals surface area contributed by atoms with Gasteiger partial charge in [-0.1, -0.05) is 11.6 Å². The predicted octanol–water partition coefficient (Wildman–Crippen LogP) is 0.400. The third-order valence-corrected chi connectivity index (χ3v) is 6.56. The van der Waals surface area contributed by atoms with Crippen molar-refractivity contribution < 1.29 is 16.8 Å². The molecule has 0 heterocycles. The van der Waals surface area contributed by atoms with Gasteiger partial charge in [0.15, 0.2) is 0 Å². The highest BCUT2D eigenvalue weighted by Crippen LogP contribution is 2.26. The molecule has 7 nitrogen and oxygen atoms in total. The van der Waals surface area contributed by atoms with Crippen molar-refractivity contribution in [3.63, 3.8) is 0 Å². The van der Waals surface area contributed by atoms with Crippen LogP contribution in [0, 0.1) is 6.92 Å². The van der Waals surface area contributed by atoms with Gasteiger partial charge >= 0.3 is 0 Å². The summed E-state index contributed by atoms with van der Waals surface area (Å²) in [6.45, 7) is 1.40. The van der Waals surface area contributed by atoms with Gasteiger partial charge in [-0.15, -0.1) is 0 Å². The first-order valence-corrected chi connectivity index (χ1v) is 9.40. The molecule has 0 unspecified atom stereocenters. The highest BCUT2D eigenvalue weighted by atomic mass is 35.5. The minimum atomic E-state index is -3.84. The Bertz CT molecular complexity index is 707. The predicted molar refractivity (Wildman–Crippen MR) is 83.3 cm³/mol. The number of sulfonamides is 2. The average Bonchev–Trinajstić information content (AvgIpc) is 2.34. The first-order chi connectivity index (χ1) is 9.47. The van der Waals surface area contributed by atoms with Gasteiger partial charge in [-0.3, -0.25) is 0 Å². The molecule has 1 rings (SSSR count). The molecule has 0 bridgehead atoms. The maximum atomic E-state index is 12.1. The minimum absolute atomic E-state index is 0.0517. The van der Waals surface area contributed by atoms with Crippen LogP contribution in [-0.2, 0) is 20.0 Å². The van der Waals surface area contributed by atoms with Crippen molar-refractivity contribution in [2.24, 2.45) is 0 Å². The van der Waals surface area contributed by atoms with Crippen LogP contribution in [0.2, 0.25) is 5.02 Å². The molecule has 0 aromatic heterocycles. The van der Waals surface area contributed by atoms with Crippen LogP contribution in [0.25, 0.3) is 0 Å². The third-order valence-electron chi connectivity index (χ3n) is 2.77. The third kappa shape index (κ3) is 4.55. The van der Waals surface area contributed by atoms with Crippen molar-refractivity contribution in [1.82, 2.24) is 9.03 Å². The summed E-state index contributed by atoms with van der Waals surface area (Å²) < 4.78 is 50.6. The number of anilines is 1. The number of rotatable bonds is 6. The molecule has 3 N–H and O–H groups in total. The van der Waals surface area contributed by atoms with Gasteiger partial charge in [0.2, 0.25) is 20.0 Å². The van der Waals surface area contributed by atoms with Crippen LogP contribution in [0.3, 0.4) is 0 Å². The van der Waals surface area contributed by atoms with Crippen molar-refractivity contribution in [2.75, 3.05) is 32.1 Å².